The van der Waals surface area contributed by atoms with E-state index in [1.807, 2.05) is 0 Å². The van der Waals surface area contributed by atoms with Crippen LogP contribution in [0.25, 0.3) is 10.9 Å². The first-order valence-electron chi connectivity index (χ1n) is 6.23. The molecule has 1 aliphatic heterocycles. The molecule has 0 saturated carbocycles. The molecule has 0 aliphatic carbocycles. The molecule has 1 aliphatic rings. The summed E-state index contributed by atoms with van der Waals surface area (Å²) in [5, 5.41) is 3.00. The van der Waals surface area contributed by atoms with Gasteiger partial charge in [0.2, 0.25) is 0 Å². The Morgan fingerprint density at radius 2 is 2.20 bits per heavy atom. The molecule has 1 unspecified atom stereocenters. The van der Waals surface area contributed by atoms with Crippen LogP contribution in [0.3, 0.4) is 0 Å². The van der Waals surface area contributed by atoms with Gasteiger partial charge in [-0.25, -0.2) is 12.8 Å². The summed E-state index contributed by atoms with van der Waals surface area (Å²) >= 11 is 0. The minimum atomic E-state index is -3.04. The quantitative estimate of drug-likeness (QED) is 0.874. The number of amides is 1. The van der Waals surface area contributed by atoms with Crippen LogP contribution in [0.5, 0.6) is 0 Å². The van der Waals surface area contributed by atoms with Gasteiger partial charge >= 0.3 is 0 Å². The lowest BCUT2D eigenvalue weighted by atomic mass is 10.2. The Balaban J connectivity index is 1.81. The summed E-state index contributed by atoms with van der Waals surface area (Å²) < 4.78 is 36.2. The Bertz CT molecular complexity index is 782. The van der Waals surface area contributed by atoms with E-state index in [0.29, 0.717) is 17.3 Å². The Morgan fingerprint density at radius 1 is 1.40 bits per heavy atom. The highest BCUT2D eigenvalue weighted by atomic mass is 32.2. The number of nitrogens with one attached hydrogen (secondary N) is 2. The van der Waals surface area contributed by atoms with Crippen molar-refractivity contribution in [3.8, 4) is 0 Å². The number of carbonyl (C=O) groups excluding carboxylic acids is 1. The van der Waals surface area contributed by atoms with Gasteiger partial charge in [-0.2, -0.15) is 0 Å². The van der Waals surface area contributed by atoms with Crippen molar-refractivity contribution >= 4 is 26.6 Å². The summed E-state index contributed by atoms with van der Waals surface area (Å²) in [6.45, 7) is 0. The van der Waals surface area contributed by atoms with Gasteiger partial charge in [0.15, 0.2) is 9.84 Å². The first-order valence-corrected chi connectivity index (χ1v) is 8.05. The smallest absolute Gasteiger partial charge is 0.267 e. The van der Waals surface area contributed by atoms with Crippen LogP contribution < -0.4 is 5.32 Å². The Morgan fingerprint density at radius 3 is 2.85 bits per heavy atom. The average molecular weight is 296 g/mol. The van der Waals surface area contributed by atoms with Gasteiger partial charge in [-0.3, -0.25) is 4.79 Å². The molecule has 3 rings (SSSR count). The summed E-state index contributed by atoms with van der Waals surface area (Å²) in [6, 6.07) is 5.61. The SMILES string of the molecule is O=C(NC1CCS(=O)(=O)C1)c1cc2c(F)cccc2[nH]1. The van der Waals surface area contributed by atoms with Crippen molar-refractivity contribution in [2.45, 2.75) is 12.5 Å². The molecule has 2 heterocycles. The van der Waals surface area contributed by atoms with E-state index in [0.717, 1.165) is 0 Å². The van der Waals surface area contributed by atoms with Gasteiger partial charge in [0, 0.05) is 16.9 Å². The average Bonchev–Trinajstić information content (AvgIpc) is 2.94. The number of H-pyrrole nitrogens is 1. The second-order valence-electron chi connectivity index (χ2n) is 4.96. The third-order valence-corrected chi connectivity index (χ3v) is 5.19. The largest absolute Gasteiger partial charge is 0.350 e. The van der Waals surface area contributed by atoms with E-state index in [1.54, 1.807) is 12.1 Å². The molecule has 0 radical (unpaired) electrons. The molecule has 0 bridgehead atoms. The van der Waals surface area contributed by atoms with E-state index >= 15 is 0 Å². The number of benzene rings is 1. The zero-order chi connectivity index (χ0) is 14.3. The molecule has 1 aromatic carbocycles. The molecule has 7 heteroatoms. The standard InChI is InChI=1S/C13H13FN2O3S/c14-10-2-1-3-11-9(10)6-12(16-11)13(17)15-8-4-5-20(18,19)7-8/h1-3,6,8,16H,4-5,7H2,(H,15,17). The molecule has 1 fully saturated rings. The number of hydrogen-bond acceptors (Lipinski definition) is 3. The summed E-state index contributed by atoms with van der Waals surface area (Å²) in [5.41, 5.74) is 0.767. The van der Waals surface area contributed by atoms with Crippen molar-refractivity contribution in [1.82, 2.24) is 10.3 Å². The monoisotopic (exact) mass is 296 g/mol. The van der Waals surface area contributed by atoms with Gasteiger partial charge in [-0.1, -0.05) is 6.07 Å². The third-order valence-electron chi connectivity index (χ3n) is 3.42. The molecule has 106 valence electrons. The zero-order valence-electron chi connectivity index (χ0n) is 10.5. The lowest BCUT2D eigenvalue weighted by Gasteiger charge is -2.09. The van der Waals surface area contributed by atoms with Gasteiger partial charge < -0.3 is 10.3 Å². The molecule has 1 amide bonds. The van der Waals surface area contributed by atoms with E-state index < -0.39 is 21.6 Å². The fraction of sp³-hybridized carbons (Fsp3) is 0.308. The van der Waals surface area contributed by atoms with Gasteiger partial charge in [0.05, 0.1) is 11.5 Å². The maximum Gasteiger partial charge on any atom is 0.267 e. The summed E-state index contributed by atoms with van der Waals surface area (Å²) in [7, 11) is -3.04. The highest BCUT2D eigenvalue weighted by molar-refractivity contribution is 7.91. The van der Waals surface area contributed by atoms with Gasteiger partial charge in [-0.15, -0.1) is 0 Å². The molecular formula is C13H13FN2O3S. The first-order chi connectivity index (χ1) is 9.44. The van der Waals surface area contributed by atoms with Gasteiger partial charge in [0.25, 0.3) is 5.91 Å². The Hall–Kier alpha value is -1.89. The molecule has 5 nitrogen and oxygen atoms in total. The minimum absolute atomic E-state index is 0.0344. The highest BCUT2D eigenvalue weighted by Crippen LogP contribution is 2.19. The topological polar surface area (TPSA) is 79.0 Å². The minimum Gasteiger partial charge on any atom is -0.350 e. The van der Waals surface area contributed by atoms with Crippen molar-refractivity contribution in [1.29, 1.82) is 0 Å². The predicted octanol–water partition coefficient (Wildman–Crippen LogP) is 1.22. The van der Waals surface area contributed by atoms with Crippen LogP contribution in [0.4, 0.5) is 4.39 Å². The fourth-order valence-electron chi connectivity index (χ4n) is 2.41. The lowest BCUT2D eigenvalue weighted by Crippen LogP contribution is -2.35. The van der Waals surface area contributed by atoms with Crippen LogP contribution in [0.1, 0.15) is 16.9 Å². The number of fused-ring (bicyclic) bond motifs is 1. The number of halogens is 1. The van der Waals surface area contributed by atoms with Gasteiger partial charge in [0.1, 0.15) is 11.5 Å². The lowest BCUT2D eigenvalue weighted by molar-refractivity contribution is 0.0937. The molecule has 2 N–H and O–H groups in total. The molecule has 2 aromatic rings. The molecule has 1 aromatic heterocycles. The van der Waals surface area contributed by atoms with Crippen molar-refractivity contribution in [3.63, 3.8) is 0 Å². The van der Waals surface area contributed by atoms with E-state index in [1.165, 1.54) is 12.1 Å². The van der Waals surface area contributed by atoms with E-state index in [4.69, 9.17) is 0 Å². The van der Waals surface area contributed by atoms with E-state index in [2.05, 4.69) is 10.3 Å². The Kier molecular flexibility index (Phi) is 3.01. The molecule has 1 atom stereocenters. The van der Waals surface area contributed by atoms with Crippen LogP contribution in [0.15, 0.2) is 24.3 Å². The van der Waals surface area contributed by atoms with Crippen molar-refractivity contribution in [3.05, 3.63) is 35.8 Å². The second-order valence-corrected chi connectivity index (χ2v) is 7.19. The van der Waals surface area contributed by atoms with Crippen molar-refractivity contribution in [2.75, 3.05) is 11.5 Å². The fourth-order valence-corrected chi connectivity index (χ4v) is 4.09. The van der Waals surface area contributed by atoms with Crippen LogP contribution in [0.2, 0.25) is 0 Å². The molecule has 20 heavy (non-hydrogen) atoms. The highest BCUT2D eigenvalue weighted by Gasteiger charge is 2.29. The predicted molar refractivity (Wildman–Crippen MR) is 72.8 cm³/mol. The maximum absolute atomic E-state index is 13.5. The maximum atomic E-state index is 13.5. The number of sulfone groups is 1. The summed E-state index contributed by atoms with van der Waals surface area (Å²) in [5.74, 6) is -0.754. The Labute approximate surface area is 115 Å². The first kappa shape index (κ1) is 13.1. The normalized spacial score (nSPS) is 21.1. The number of aromatic nitrogens is 1. The zero-order valence-corrected chi connectivity index (χ0v) is 11.3. The number of rotatable bonds is 2. The van der Waals surface area contributed by atoms with Crippen molar-refractivity contribution < 1.29 is 17.6 Å². The second kappa shape index (κ2) is 4.59. The molecule has 1 saturated heterocycles. The van der Waals surface area contributed by atoms with Crippen LogP contribution in [-0.4, -0.2) is 36.9 Å². The number of carbonyl (C=O) groups is 1. The van der Waals surface area contributed by atoms with Crippen LogP contribution in [-0.2, 0) is 9.84 Å². The third kappa shape index (κ3) is 2.40. The van der Waals surface area contributed by atoms with Gasteiger partial charge in [-0.05, 0) is 24.6 Å². The number of hydrogen-bond donors (Lipinski definition) is 2. The summed E-state index contributed by atoms with van der Waals surface area (Å²) in [6.07, 6.45) is 0.419. The number of aromatic amines is 1. The van der Waals surface area contributed by atoms with E-state index in [9.17, 15) is 17.6 Å². The van der Waals surface area contributed by atoms with E-state index in [-0.39, 0.29) is 23.2 Å². The summed E-state index contributed by atoms with van der Waals surface area (Å²) in [4.78, 5) is 14.9. The van der Waals surface area contributed by atoms with Crippen molar-refractivity contribution in [2.24, 2.45) is 0 Å². The molecule has 0 spiro atoms. The molecular weight excluding hydrogens is 283 g/mol. The van der Waals surface area contributed by atoms with Crippen LogP contribution >= 0.6 is 0 Å². The van der Waals surface area contributed by atoms with Crippen LogP contribution in [0, 0.1) is 5.82 Å².